The second-order valence-corrected chi connectivity index (χ2v) is 9.04. The van der Waals surface area contributed by atoms with Gasteiger partial charge in [0.2, 0.25) is 0 Å². The van der Waals surface area contributed by atoms with E-state index in [2.05, 4.69) is 10.6 Å². The van der Waals surface area contributed by atoms with E-state index >= 15 is 0 Å². The molecule has 0 atom stereocenters. The van der Waals surface area contributed by atoms with E-state index in [1.807, 2.05) is 26.0 Å². The SMILES string of the molecule is CC(C)Oc1ccc(/C=C(\NC(=O)c2ccc(OCCCCC3CC3)cc2)C(=O)NCCO)cc1. The molecule has 1 fully saturated rings. The summed E-state index contributed by atoms with van der Waals surface area (Å²) in [6, 6.07) is 14.1. The second-order valence-electron chi connectivity index (χ2n) is 9.04. The van der Waals surface area contributed by atoms with Gasteiger partial charge in [-0.3, -0.25) is 9.59 Å². The van der Waals surface area contributed by atoms with E-state index in [9.17, 15) is 9.59 Å². The number of rotatable bonds is 14. The van der Waals surface area contributed by atoms with Gasteiger partial charge < -0.3 is 25.2 Å². The third kappa shape index (κ3) is 9.45. The quantitative estimate of drug-likeness (QED) is 0.277. The van der Waals surface area contributed by atoms with E-state index < -0.39 is 11.8 Å². The number of unbranched alkanes of at least 4 members (excludes halogenated alkanes) is 1. The van der Waals surface area contributed by atoms with Crippen molar-refractivity contribution in [1.82, 2.24) is 10.6 Å². The molecule has 7 heteroatoms. The van der Waals surface area contributed by atoms with Crippen LogP contribution < -0.4 is 20.1 Å². The molecule has 0 heterocycles. The highest BCUT2D eigenvalue weighted by Gasteiger charge is 2.20. The minimum Gasteiger partial charge on any atom is -0.494 e. The maximum Gasteiger partial charge on any atom is 0.267 e. The van der Waals surface area contributed by atoms with Crippen LogP contribution in [-0.4, -0.2) is 42.8 Å². The van der Waals surface area contributed by atoms with Crippen LogP contribution in [0.15, 0.2) is 54.2 Å². The van der Waals surface area contributed by atoms with Crippen molar-refractivity contribution in [3.05, 3.63) is 65.4 Å². The van der Waals surface area contributed by atoms with Gasteiger partial charge in [0.1, 0.15) is 17.2 Å². The molecule has 7 nitrogen and oxygen atoms in total. The lowest BCUT2D eigenvalue weighted by molar-refractivity contribution is -0.117. The molecule has 0 unspecified atom stereocenters. The van der Waals surface area contributed by atoms with Crippen LogP contribution in [0.1, 0.15) is 61.9 Å². The molecule has 2 aromatic carbocycles. The van der Waals surface area contributed by atoms with E-state index in [-0.39, 0.29) is 25.0 Å². The Morgan fingerprint density at radius 1 is 1.03 bits per heavy atom. The van der Waals surface area contributed by atoms with Crippen LogP contribution in [0.25, 0.3) is 6.08 Å². The molecule has 0 aliphatic heterocycles. The Labute approximate surface area is 207 Å². The minimum absolute atomic E-state index is 0.0552. The number of nitrogens with one attached hydrogen (secondary N) is 2. The third-order valence-electron chi connectivity index (χ3n) is 5.54. The average molecular weight is 481 g/mol. The Morgan fingerprint density at radius 2 is 1.71 bits per heavy atom. The summed E-state index contributed by atoms with van der Waals surface area (Å²) in [5.74, 6) is 1.48. The lowest BCUT2D eigenvalue weighted by Gasteiger charge is -2.12. The molecule has 0 bridgehead atoms. The van der Waals surface area contributed by atoms with Crippen molar-refractivity contribution < 1.29 is 24.2 Å². The number of hydrogen-bond acceptors (Lipinski definition) is 5. The molecule has 188 valence electrons. The highest BCUT2D eigenvalue weighted by Crippen LogP contribution is 2.33. The molecular weight excluding hydrogens is 444 g/mol. The van der Waals surface area contributed by atoms with Gasteiger partial charge >= 0.3 is 0 Å². The van der Waals surface area contributed by atoms with Gasteiger partial charge in [0.15, 0.2) is 0 Å². The summed E-state index contributed by atoms with van der Waals surface area (Å²) in [5.41, 5.74) is 1.21. The highest BCUT2D eigenvalue weighted by molar-refractivity contribution is 6.05. The van der Waals surface area contributed by atoms with Crippen molar-refractivity contribution in [1.29, 1.82) is 0 Å². The van der Waals surface area contributed by atoms with Gasteiger partial charge in [-0.25, -0.2) is 0 Å². The van der Waals surface area contributed by atoms with Crippen LogP contribution in [0.2, 0.25) is 0 Å². The standard InChI is InChI=1S/C28H36N2O5/c1-20(2)35-25-12-8-22(9-13-25)19-26(28(33)29-16-17-31)30-27(32)23-10-14-24(15-11-23)34-18-4-3-5-21-6-7-21/h8-15,19-21,31H,3-7,16-18H2,1-2H3,(H,29,33)(H,30,32)/b26-19-. The number of hydrogen-bond donors (Lipinski definition) is 3. The molecule has 0 aromatic heterocycles. The van der Waals surface area contributed by atoms with Crippen molar-refractivity contribution in [3.63, 3.8) is 0 Å². The molecule has 2 aromatic rings. The van der Waals surface area contributed by atoms with Gasteiger partial charge in [-0.05, 0) is 80.6 Å². The Balaban J connectivity index is 1.60. The summed E-state index contributed by atoms with van der Waals surface area (Å²) in [5, 5.41) is 14.3. The predicted molar refractivity (Wildman–Crippen MR) is 136 cm³/mol. The van der Waals surface area contributed by atoms with Crippen LogP contribution in [0.3, 0.4) is 0 Å². The van der Waals surface area contributed by atoms with Crippen LogP contribution in [-0.2, 0) is 4.79 Å². The lowest BCUT2D eigenvalue weighted by Crippen LogP contribution is -2.36. The highest BCUT2D eigenvalue weighted by atomic mass is 16.5. The van der Waals surface area contributed by atoms with E-state index in [0.29, 0.717) is 17.9 Å². The zero-order chi connectivity index (χ0) is 25.0. The predicted octanol–water partition coefficient (Wildman–Crippen LogP) is 4.31. The van der Waals surface area contributed by atoms with Crippen LogP contribution >= 0.6 is 0 Å². The fraction of sp³-hybridized carbons (Fsp3) is 0.429. The first kappa shape index (κ1) is 26.3. The summed E-state index contributed by atoms with van der Waals surface area (Å²) >= 11 is 0. The smallest absolute Gasteiger partial charge is 0.267 e. The number of amides is 2. The lowest BCUT2D eigenvalue weighted by atomic mass is 10.1. The summed E-state index contributed by atoms with van der Waals surface area (Å²) in [6.45, 7) is 4.44. The summed E-state index contributed by atoms with van der Waals surface area (Å²) in [4.78, 5) is 25.4. The van der Waals surface area contributed by atoms with Crippen molar-refractivity contribution in [2.24, 2.45) is 5.92 Å². The molecule has 0 radical (unpaired) electrons. The summed E-state index contributed by atoms with van der Waals surface area (Å²) in [7, 11) is 0. The number of carbonyl (C=O) groups excluding carboxylic acids is 2. The van der Waals surface area contributed by atoms with Crippen molar-refractivity contribution in [2.45, 2.75) is 52.1 Å². The number of benzene rings is 2. The molecule has 1 aliphatic carbocycles. The maximum absolute atomic E-state index is 12.8. The van der Waals surface area contributed by atoms with Crippen molar-refractivity contribution >= 4 is 17.9 Å². The number of aliphatic hydroxyl groups is 1. The first-order chi connectivity index (χ1) is 16.9. The van der Waals surface area contributed by atoms with Gasteiger partial charge in [0.25, 0.3) is 11.8 Å². The molecule has 3 rings (SSSR count). The van der Waals surface area contributed by atoms with E-state index in [4.69, 9.17) is 14.6 Å². The van der Waals surface area contributed by atoms with Crippen LogP contribution in [0.5, 0.6) is 11.5 Å². The monoisotopic (exact) mass is 480 g/mol. The molecule has 1 saturated carbocycles. The van der Waals surface area contributed by atoms with Gasteiger partial charge in [0, 0.05) is 12.1 Å². The van der Waals surface area contributed by atoms with Crippen molar-refractivity contribution in [2.75, 3.05) is 19.8 Å². The van der Waals surface area contributed by atoms with E-state index in [0.717, 1.165) is 23.7 Å². The fourth-order valence-corrected chi connectivity index (χ4v) is 3.53. The molecule has 3 N–H and O–H groups in total. The topological polar surface area (TPSA) is 96.9 Å². The Hall–Kier alpha value is -3.32. The minimum atomic E-state index is -0.485. The van der Waals surface area contributed by atoms with Crippen LogP contribution in [0, 0.1) is 5.92 Å². The second kappa shape index (κ2) is 13.5. The third-order valence-corrected chi connectivity index (χ3v) is 5.54. The maximum atomic E-state index is 12.8. The normalized spacial score (nSPS) is 13.4. The first-order valence-corrected chi connectivity index (χ1v) is 12.4. The Bertz CT molecular complexity index is 979. The van der Waals surface area contributed by atoms with Crippen molar-refractivity contribution in [3.8, 4) is 11.5 Å². The number of ether oxygens (including phenoxy) is 2. The van der Waals surface area contributed by atoms with Gasteiger partial charge in [-0.1, -0.05) is 31.4 Å². The van der Waals surface area contributed by atoms with E-state index in [1.54, 1.807) is 42.5 Å². The largest absolute Gasteiger partial charge is 0.494 e. The molecule has 0 spiro atoms. The average Bonchev–Trinajstić information content (AvgIpc) is 3.67. The summed E-state index contributed by atoms with van der Waals surface area (Å²) in [6.07, 6.45) is 7.91. The first-order valence-electron chi connectivity index (χ1n) is 12.4. The van der Waals surface area contributed by atoms with Gasteiger partial charge in [0.05, 0.1) is 19.3 Å². The summed E-state index contributed by atoms with van der Waals surface area (Å²) < 4.78 is 11.4. The van der Waals surface area contributed by atoms with Gasteiger partial charge in [-0.2, -0.15) is 0 Å². The number of carbonyl (C=O) groups is 2. The zero-order valence-electron chi connectivity index (χ0n) is 20.6. The number of aliphatic hydroxyl groups excluding tert-OH is 1. The zero-order valence-corrected chi connectivity index (χ0v) is 20.6. The van der Waals surface area contributed by atoms with E-state index in [1.165, 1.54) is 25.7 Å². The molecular formula is C28H36N2O5. The Morgan fingerprint density at radius 3 is 2.34 bits per heavy atom. The molecule has 2 amide bonds. The fourth-order valence-electron chi connectivity index (χ4n) is 3.53. The molecule has 35 heavy (non-hydrogen) atoms. The Kier molecular flexibility index (Phi) is 10.2. The van der Waals surface area contributed by atoms with Crippen LogP contribution in [0.4, 0.5) is 0 Å². The molecule has 1 aliphatic rings. The molecule has 0 saturated heterocycles. The van der Waals surface area contributed by atoms with Gasteiger partial charge in [-0.15, -0.1) is 0 Å².